The minimum Gasteiger partial charge on any atom is -0.481 e. The number of allylic oxidation sites excluding steroid dienone is 1. The maximum Gasteiger partial charge on any atom is 0.418 e. The number of aliphatic hydroxyl groups excluding tert-OH is 1. The predicted octanol–water partition coefficient (Wildman–Crippen LogP) is 5.79. The lowest BCUT2D eigenvalue weighted by Crippen LogP contribution is -2.25. The maximum atomic E-state index is 14.2. The highest BCUT2D eigenvalue weighted by Gasteiger charge is 2.37. The lowest BCUT2D eigenvalue weighted by atomic mass is 10.0. The van der Waals surface area contributed by atoms with Gasteiger partial charge in [0.25, 0.3) is 5.91 Å². The Morgan fingerprint density at radius 1 is 1.15 bits per heavy atom. The van der Waals surface area contributed by atoms with Crippen LogP contribution < -0.4 is 10.2 Å². The molecular weight excluding hydrogens is 523 g/mol. The van der Waals surface area contributed by atoms with E-state index in [4.69, 9.17) is 0 Å². The van der Waals surface area contributed by atoms with Crippen LogP contribution in [0.1, 0.15) is 58.9 Å². The monoisotopic (exact) mass is 555 g/mol. The molecular formula is C30H32F3N3O4. The number of amides is 1. The summed E-state index contributed by atoms with van der Waals surface area (Å²) in [6.07, 6.45) is -0.0886. The quantitative estimate of drug-likeness (QED) is 0.311. The highest BCUT2D eigenvalue weighted by molar-refractivity contribution is 6.06. The van der Waals surface area contributed by atoms with Crippen molar-refractivity contribution in [2.24, 2.45) is 0 Å². The second kappa shape index (κ2) is 12.0. The highest BCUT2D eigenvalue weighted by atomic mass is 19.4. The van der Waals surface area contributed by atoms with Gasteiger partial charge in [-0.05, 0) is 41.7 Å². The van der Waals surface area contributed by atoms with E-state index < -0.39 is 41.8 Å². The predicted molar refractivity (Wildman–Crippen MR) is 148 cm³/mol. The van der Waals surface area contributed by atoms with Crippen LogP contribution in [0, 0.1) is 0 Å². The molecule has 3 N–H and O–H groups in total. The first-order valence-electron chi connectivity index (χ1n) is 13.0. The van der Waals surface area contributed by atoms with Crippen LogP contribution in [0.5, 0.6) is 0 Å². The number of carboxylic acid groups (broad SMARTS) is 1. The summed E-state index contributed by atoms with van der Waals surface area (Å²) in [5.74, 6) is -2.04. The molecule has 0 bridgehead atoms. The molecule has 1 saturated heterocycles. The molecule has 0 spiro atoms. The molecule has 40 heavy (non-hydrogen) atoms. The molecule has 4 rings (SSSR count). The Bertz CT molecular complexity index is 1400. The number of benzene rings is 2. The maximum absolute atomic E-state index is 14.2. The van der Waals surface area contributed by atoms with E-state index in [0.717, 1.165) is 17.7 Å². The summed E-state index contributed by atoms with van der Waals surface area (Å²) < 4.78 is 44.4. The summed E-state index contributed by atoms with van der Waals surface area (Å²) in [6.45, 7) is 4.65. The average molecular weight is 556 g/mol. The van der Waals surface area contributed by atoms with E-state index in [0.29, 0.717) is 25.2 Å². The van der Waals surface area contributed by atoms with Gasteiger partial charge in [0, 0.05) is 37.2 Å². The van der Waals surface area contributed by atoms with Crippen molar-refractivity contribution in [3.8, 4) is 0 Å². The van der Waals surface area contributed by atoms with Gasteiger partial charge in [-0.1, -0.05) is 56.3 Å². The second-order valence-electron chi connectivity index (χ2n) is 10.2. The van der Waals surface area contributed by atoms with Crippen LogP contribution in [0.2, 0.25) is 0 Å². The molecule has 0 saturated carbocycles. The molecule has 1 atom stereocenters. The summed E-state index contributed by atoms with van der Waals surface area (Å²) >= 11 is 0. The first-order chi connectivity index (χ1) is 18.9. The van der Waals surface area contributed by atoms with Crippen LogP contribution in [0.4, 0.5) is 24.5 Å². The van der Waals surface area contributed by atoms with E-state index in [1.165, 1.54) is 0 Å². The Balaban J connectivity index is 1.67. The number of carboxylic acids is 1. The molecule has 1 amide bonds. The topological polar surface area (TPSA) is 94.8 Å². The first-order valence-corrected chi connectivity index (χ1v) is 13.0. The van der Waals surface area contributed by atoms with E-state index in [-0.39, 0.29) is 29.3 Å². The number of anilines is 2. The number of rotatable bonds is 9. The van der Waals surface area contributed by atoms with Gasteiger partial charge >= 0.3 is 12.1 Å². The largest absolute Gasteiger partial charge is 0.481 e. The fraction of sp³-hybridized carbons (Fsp3) is 0.333. The number of hydrogen-bond donors (Lipinski definition) is 3. The average Bonchev–Trinajstić information content (AvgIpc) is 3.50. The standard InChI is InChI=1S/C30H32F3N3O4/c1-19(2)28-23(11-14-35(28)12-6-9-20-7-4-3-5-8-20)29(40)34-25-15-21(16-27(38)39)26(17-24(25)30(31,32)33)36-13-10-22(37)18-36/h3-9,11,14-15,17,19,22,37H,10,12-13,16,18H2,1-2H3,(H,34,40)(H,38,39)/b9-6+/t22-/m1/s1. The zero-order valence-electron chi connectivity index (χ0n) is 22.3. The third kappa shape index (κ3) is 6.74. The Labute approximate surface area is 230 Å². The normalized spacial score (nSPS) is 15.8. The summed E-state index contributed by atoms with van der Waals surface area (Å²) in [6, 6.07) is 13.2. The Hall–Kier alpha value is -4.05. The van der Waals surface area contributed by atoms with Crippen molar-refractivity contribution in [2.75, 3.05) is 23.3 Å². The molecule has 10 heteroatoms. The summed E-state index contributed by atoms with van der Waals surface area (Å²) in [5, 5.41) is 21.7. The molecule has 0 unspecified atom stereocenters. The molecule has 1 fully saturated rings. The van der Waals surface area contributed by atoms with Gasteiger partial charge in [-0.2, -0.15) is 13.2 Å². The minimum absolute atomic E-state index is 0.0866. The summed E-state index contributed by atoms with van der Waals surface area (Å²) in [4.78, 5) is 26.5. The number of hydrogen-bond acceptors (Lipinski definition) is 4. The second-order valence-corrected chi connectivity index (χ2v) is 10.2. The fourth-order valence-electron chi connectivity index (χ4n) is 5.07. The third-order valence-corrected chi connectivity index (χ3v) is 6.83. The molecule has 0 radical (unpaired) electrons. The molecule has 2 aromatic carbocycles. The van der Waals surface area contributed by atoms with Gasteiger partial charge in [0.15, 0.2) is 0 Å². The number of aromatic nitrogens is 1. The smallest absolute Gasteiger partial charge is 0.418 e. The van der Waals surface area contributed by atoms with Gasteiger partial charge < -0.3 is 25.0 Å². The van der Waals surface area contributed by atoms with Gasteiger partial charge in [0.2, 0.25) is 0 Å². The number of nitrogens with one attached hydrogen (secondary N) is 1. The van der Waals surface area contributed by atoms with Gasteiger partial charge in [-0.15, -0.1) is 0 Å². The Morgan fingerprint density at radius 3 is 2.48 bits per heavy atom. The van der Waals surface area contributed by atoms with E-state index in [2.05, 4.69) is 5.32 Å². The lowest BCUT2D eigenvalue weighted by Gasteiger charge is -2.25. The zero-order chi connectivity index (χ0) is 29.0. The number of halogens is 3. The van der Waals surface area contributed by atoms with Crippen molar-refractivity contribution in [3.05, 3.63) is 88.8 Å². The van der Waals surface area contributed by atoms with E-state index in [1.54, 1.807) is 17.2 Å². The van der Waals surface area contributed by atoms with Crippen LogP contribution in [0.25, 0.3) is 6.08 Å². The van der Waals surface area contributed by atoms with Gasteiger partial charge in [-0.25, -0.2) is 0 Å². The van der Waals surface area contributed by atoms with Crippen LogP contribution in [-0.4, -0.2) is 45.9 Å². The van der Waals surface area contributed by atoms with Crippen molar-refractivity contribution in [3.63, 3.8) is 0 Å². The molecule has 1 aromatic heterocycles. The van der Waals surface area contributed by atoms with E-state index in [1.807, 2.05) is 60.9 Å². The number of carbonyl (C=O) groups excluding carboxylic acids is 1. The van der Waals surface area contributed by atoms with Crippen molar-refractivity contribution in [1.29, 1.82) is 0 Å². The van der Waals surface area contributed by atoms with Crippen molar-refractivity contribution >= 4 is 29.3 Å². The SMILES string of the molecule is CC(C)c1c(C(=O)Nc2cc(CC(=O)O)c(N3CC[C@@H](O)C3)cc2C(F)(F)F)ccn1C/C=C/c1ccccc1. The number of aliphatic carboxylic acids is 1. The van der Waals surface area contributed by atoms with Crippen molar-refractivity contribution < 1.29 is 33.0 Å². The van der Waals surface area contributed by atoms with Crippen LogP contribution >= 0.6 is 0 Å². The molecule has 2 heterocycles. The summed E-state index contributed by atoms with van der Waals surface area (Å²) in [7, 11) is 0. The van der Waals surface area contributed by atoms with Gasteiger partial charge in [-0.3, -0.25) is 9.59 Å². The number of aliphatic hydroxyl groups is 1. The number of alkyl halides is 3. The van der Waals surface area contributed by atoms with E-state index >= 15 is 0 Å². The minimum atomic E-state index is -4.81. The van der Waals surface area contributed by atoms with Crippen LogP contribution in [0.3, 0.4) is 0 Å². The number of carbonyl (C=O) groups is 2. The fourth-order valence-corrected chi connectivity index (χ4v) is 5.07. The van der Waals surface area contributed by atoms with Crippen molar-refractivity contribution in [2.45, 2.75) is 51.4 Å². The molecule has 0 aliphatic carbocycles. The number of β-amino-alcohol motifs (C(OH)–C–C–N with tert-alkyl or cyclic N) is 1. The molecule has 7 nitrogen and oxygen atoms in total. The molecule has 212 valence electrons. The van der Waals surface area contributed by atoms with Gasteiger partial charge in [0.1, 0.15) is 0 Å². The third-order valence-electron chi connectivity index (χ3n) is 6.83. The van der Waals surface area contributed by atoms with Crippen LogP contribution in [-0.2, 0) is 23.9 Å². The highest BCUT2D eigenvalue weighted by Crippen LogP contribution is 2.40. The first kappa shape index (κ1) is 28.9. The number of nitrogens with zero attached hydrogens (tertiary/aromatic N) is 2. The van der Waals surface area contributed by atoms with E-state index in [9.17, 15) is 33.0 Å². The van der Waals surface area contributed by atoms with Crippen molar-refractivity contribution in [1.82, 2.24) is 4.57 Å². The van der Waals surface area contributed by atoms with Gasteiger partial charge in [0.05, 0.1) is 29.3 Å². The molecule has 1 aliphatic heterocycles. The molecule has 3 aromatic rings. The summed E-state index contributed by atoms with van der Waals surface area (Å²) in [5.41, 5.74) is 0.537. The lowest BCUT2D eigenvalue weighted by molar-refractivity contribution is -0.137. The molecule has 1 aliphatic rings. The Morgan fingerprint density at radius 2 is 1.88 bits per heavy atom. The Kier molecular flexibility index (Phi) is 8.68. The van der Waals surface area contributed by atoms with Crippen LogP contribution in [0.15, 0.2) is 60.8 Å². The zero-order valence-corrected chi connectivity index (χ0v) is 22.3.